The lowest BCUT2D eigenvalue weighted by molar-refractivity contribution is 0.0563. The van der Waals surface area contributed by atoms with Crippen LogP contribution in [-0.4, -0.2) is 87.8 Å². The molecule has 0 spiro atoms. The summed E-state index contributed by atoms with van der Waals surface area (Å²) >= 11 is 0. The van der Waals surface area contributed by atoms with Crippen LogP contribution in [0.25, 0.3) is 0 Å². The molecule has 0 heterocycles. The quantitative estimate of drug-likeness (QED) is 0.767. The number of aliphatic hydroxyl groups excluding tert-OH is 1. The molecule has 122 valence electrons. The van der Waals surface area contributed by atoms with Crippen molar-refractivity contribution in [2.75, 3.05) is 61.9 Å². The first-order chi connectivity index (χ1) is 9.70. The van der Waals surface area contributed by atoms with E-state index in [9.17, 15) is 5.11 Å². The second-order valence-corrected chi connectivity index (χ2v) is 7.14. The van der Waals surface area contributed by atoms with Crippen LogP contribution in [0.1, 0.15) is 13.3 Å². The van der Waals surface area contributed by atoms with Crippen LogP contribution < -0.4 is 0 Å². The van der Waals surface area contributed by atoms with Crippen LogP contribution in [0.3, 0.4) is 0 Å². The largest absolute Gasteiger partial charge is 0.388 e. The van der Waals surface area contributed by atoms with Gasteiger partial charge in [0.1, 0.15) is 0 Å². The zero-order valence-electron chi connectivity index (χ0n) is 14.8. The number of hydrogen-bond donors (Lipinski definition) is 1. The molecule has 1 N–H and O–H groups in total. The van der Waals surface area contributed by atoms with Crippen LogP contribution >= 0.6 is 0 Å². The zero-order chi connectivity index (χ0) is 16.2. The van der Waals surface area contributed by atoms with E-state index in [0.29, 0.717) is 0 Å². The summed E-state index contributed by atoms with van der Waals surface area (Å²) in [4.78, 5) is 6.49. The molecule has 1 aliphatic rings. The van der Waals surface area contributed by atoms with Crippen molar-refractivity contribution in [2.45, 2.75) is 19.4 Å². The Morgan fingerprint density at radius 1 is 1.00 bits per heavy atom. The maximum atomic E-state index is 10.9. The van der Waals surface area contributed by atoms with Gasteiger partial charge in [0, 0.05) is 25.0 Å². The van der Waals surface area contributed by atoms with Crippen molar-refractivity contribution in [3.8, 4) is 0 Å². The second-order valence-electron chi connectivity index (χ2n) is 7.14. The predicted octanol–water partition coefficient (Wildman–Crippen LogP) is 1.29. The molecule has 0 aromatic heterocycles. The zero-order valence-corrected chi connectivity index (χ0v) is 14.8. The minimum absolute atomic E-state index is 0.186. The summed E-state index contributed by atoms with van der Waals surface area (Å²) in [6, 6.07) is 0. The highest BCUT2D eigenvalue weighted by molar-refractivity contribution is 5.37. The van der Waals surface area contributed by atoms with Gasteiger partial charge >= 0.3 is 0 Å². The molecular formula is C17H33N3O. The Morgan fingerprint density at radius 3 is 2.00 bits per heavy atom. The smallest absolute Gasteiger partial charge is 0.0868 e. The fourth-order valence-corrected chi connectivity index (χ4v) is 3.26. The standard InChI is InChI=1S/C17H33N3O/c1-8-17(13-20(6)7)10-14(11-18(2)3)9-15(16(17)21)12-19(4)5/h9-10,16,21H,8,11-13H2,1-7H3. The van der Waals surface area contributed by atoms with Crippen LogP contribution in [-0.2, 0) is 0 Å². The Hall–Kier alpha value is -0.680. The summed E-state index contributed by atoms with van der Waals surface area (Å²) < 4.78 is 0. The molecule has 0 aliphatic heterocycles. The molecule has 2 atom stereocenters. The van der Waals surface area contributed by atoms with E-state index in [1.807, 2.05) is 0 Å². The van der Waals surface area contributed by atoms with Gasteiger partial charge in [0.15, 0.2) is 0 Å². The fraction of sp³-hybridized carbons (Fsp3) is 0.765. The van der Waals surface area contributed by atoms with Crippen molar-refractivity contribution in [1.29, 1.82) is 0 Å². The third-order valence-corrected chi connectivity index (χ3v) is 4.01. The van der Waals surface area contributed by atoms with Crippen LogP contribution in [0.5, 0.6) is 0 Å². The van der Waals surface area contributed by atoms with E-state index in [4.69, 9.17) is 0 Å². The average Bonchev–Trinajstić information content (AvgIpc) is 2.32. The number of hydrogen-bond acceptors (Lipinski definition) is 4. The first-order valence-corrected chi connectivity index (χ1v) is 7.74. The van der Waals surface area contributed by atoms with E-state index in [0.717, 1.165) is 31.6 Å². The van der Waals surface area contributed by atoms with Gasteiger partial charge in [0.2, 0.25) is 0 Å². The molecule has 0 amide bonds. The highest BCUT2D eigenvalue weighted by atomic mass is 16.3. The maximum Gasteiger partial charge on any atom is 0.0868 e. The van der Waals surface area contributed by atoms with Gasteiger partial charge in [-0.25, -0.2) is 0 Å². The van der Waals surface area contributed by atoms with Crippen LogP contribution in [0.2, 0.25) is 0 Å². The third kappa shape index (κ3) is 4.92. The molecular weight excluding hydrogens is 262 g/mol. The van der Waals surface area contributed by atoms with E-state index in [1.54, 1.807) is 0 Å². The molecule has 1 aliphatic carbocycles. The molecule has 0 saturated carbocycles. The highest BCUT2D eigenvalue weighted by Crippen LogP contribution is 2.38. The van der Waals surface area contributed by atoms with Gasteiger partial charge in [-0.2, -0.15) is 0 Å². The summed E-state index contributed by atoms with van der Waals surface area (Å²) in [6.45, 7) is 4.77. The van der Waals surface area contributed by atoms with Crippen LogP contribution in [0, 0.1) is 5.41 Å². The SMILES string of the molecule is CCC1(CN(C)C)C=C(CN(C)C)C=C(CN(C)C)C1O. The molecule has 0 aromatic rings. The van der Waals surface area contributed by atoms with Gasteiger partial charge in [-0.3, -0.25) is 0 Å². The van der Waals surface area contributed by atoms with Gasteiger partial charge in [0.25, 0.3) is 0 Å². The van der Waals surface area contributed by atoms with Crippen molar-refractivity contribution in [2.24, 2.45) is 5.41 Å². The molecule has 0 aromatic carbocycles. The Balaban J connectivity index is 3.17. The van der Waals surface area contributed by atoms with Gasteiger partial charge in [0.05, 0.1) is 6.10 Å². The highest BCUT2D eigenvalue weighted by Gasteiger charge is 2.39. The molecule has 1 rings (SSSR count). The van der Waals surface area contributed by atoms with E-state index in [-0.39, 0.29) is 5.41 Å². The van der Waals surface area contributed by atoms with Crippen molar-refractivity contribution < 1.29 is 5.11 Å². The summed E-state index contributed by atoms with van der Waals surface area (Å²) in [5, 5.41) is 10.9. The molecule has 0 saturated heterocycles. The summed E-state index contributed by atoms with van der Waals surface area (Å²) in [6.07, 6.45) is 5.03. The summed E-state index contributed by atoms with van der Waals surface area (Å²) in [7, 11) is 12.4. The lowest BCUT2D eigenvalue weighted by Gasteiger charge is -2.42. The predicted molar refractivity (Wildman–Crippen MR) is 90.6 cm³/mol. The molecule has 4 nitrogen and oxygen atoms in total. The minimum atomic E-state index is -0.404. The van der Waals surface area contributed by atoms with Gasteiger partial charge in [-0.1, -0.05) is 19.1 Å². The molecule has 0 fully saturated rings. The van der Waals surface area contributed by atoms with Crippen molar-refractivity contribution >= 4 is 0 Å². The number of nitrogens with zero attached hydrogens (tertiary/aromatic N) is 3. The topological polar surface area (TPSA) is 30.0 Å². The van der Waals surface area contributed by atoms with Gasteiger partial charge in [-0.15, -0.1) is 0 Å². The number of rotatable bonds is 7. The second kappa shape index (κ2) is 7.54. The fourth-order valence-electron chi connectivity index (χ4n) is 3.26. The maximum absolute atomic E-state index is 10.9. The first-order valence-electron chi connectivity index (χ1n) is 7.74. The summed E-state index contributed by atoms with van der Waals surface area (Å²) in [5.41, 5.74) is 2.25. The monoisotopic (exact) mass is 295 g/mol. The lowest BCUT2D eigenvalue weighted by atomic mass is 9.71. The molecule has 2 unspecified atom stereocenters. The number of aliphatic hydroxyl groups is 1. The van der Waals surface area contributed by atoms with E-state index < -0.39 is 6.10 Å². The van der Waals surface area contributed by atoms with Crippen molar-refractivity contribution in [1.82, 2.24) is 14.7 Å². The van der Waals surface area contributed by atoms with Gasteiger partial charge < -0.3 is 19.8 Å². The van der Waals surface area contributed by atoms with E-state index in [2.05, 4.69) is 76.1 Å². The molecule has 0 bridgehead atoms. The minimum Gasteiger partial charge on any atom is -0.388 e. The van der Waals surface area contributed by atoms with Crippen molar-refractivity contribution in [3.63, 3.8) is 0 Å². The molecule has 4 heteroatoms. The first kappa shape index (κ1) is 18.4. The van der Waals surface area contributed by atoms with E-state index in [1.165, 1.54) is 5.57 Å². The Bertz CT molecular complexity index is 399. The Kier molecular flexibility index (Phi) is 6.60. The molecule has 21 heavy (non-hydrogen) atoms. The van der Waals surface area contributed by atoms with Crippen LogP contribution in [0.4, 0.5) is 0 Å². The van der Waals surface area contributed by atoms with Crippen LogP contribution in [0.15, 0.2) is 23.3 Å². The Morgan fingerprint density at radius 2 is 1.57 bits per heavy atom. The van der Waals surface area contributed by atoms with Crippen molar-refractivity contribution in [3.05, 3.63) is 23.3 Å². The van der Waals surface area contributed by atoms with E-state index >= 15 is 0 Å². The average molecular weight is 295 g/mol. The Labute approximate surface area is 130 Å². The third-order valence-electron chi connectivity index (χ3n) is 4.01. The number of likely N-dealkylation sites (N-methyl/N-ethyl adjacent to an activating group) is 2. The summed E-state index contributed by atoms with van der Waals surface area (Å²) in [5.74, 6) is 0. The lowest BCUT2D eigenvalue weighted by Crippen LogP contribution is -2.46. The molecule has 0 radical (unpaired) electrons. The normalized spacial score (nSPS) is 26.5. The van der Waals surface area contributed by atoms with Gasteiger partial charge in [-0.05, 0) is 59.9 Å².